The van der Waals surface area contributed by atoms with E-state index >= 15 is 0 Å². The van der Waals surface area contributed by atoms with Gasteiger partial charge in [0.15, 0.2) is 5.76 Å². The highest BCUT2D eigenvalue weighted by Crippen LogP contribution is 2.20. The summed E-state index contributed by atoms with van der Waals surface area (Å²) in [6.07, 6.45) is 6.79. The molecular weight excluding hydrogens is 226 g/mol. The zero-order valence-corrected chi connectivity index (χ0v) is 10.3. The first-order chi connectivity index (χ1) is 8.86. The standard InChI is InChI=1S/C14H15N3O/c1-2-7-15-11-5-6-14-16-12(10-17(14)9-11)13-4-3-8-18-13/h3-6,8-10,15H,2,7H2,1H3. The molecule has 3 aromatic rings. The number of aromatic nitrogens is 2. The minimum Gasteiger partial charge on any atom is -0.463 e. The number of nitrogens with one attached hydrogen (secondary N) is 1. The first-order valence-corrected chi connectivity index (χ1v) is 6.13. The van der Waals surface area contributed by atoms with E-state index in [2.05, 4.69) is 17.2 Å². The Kier molecular flexibility index (Phi) is 2.76. The molecule has 0 saturated heterocycles. The molecule has 0 aliphatic heterocycles. The number of fused-ring (bicyclic) bond motifs is 1. The maximum absolute atomic E-state index is 5.35. The molecule has 4 nitrogen and oxygen atoms in total. The molecule has 0 aromatic carbocycles. The lowest BCUT2D eigenvalue weighted by atomic mass is 10.4. The van der Waals surface area contributed by atoms with Gasteiger partial charge in [0, 0.05) is 18.9 Å². The molecule has 0 amide bonds. The van der Waals surface area contributed by atoms with E-state index in [-0.39, 0.29) is 0 Å². The monoisotopic (exact) mass is 241 g/mol. The number of imidazole rings is 1. The highest BCUT2D eigenvalue weighted by Gasteiger charge is 2.06. The van der Waals surface area contributed by atoms with Crippen LogP contribution >= 0.6 is 0 Å². The summed E-state index contributed by atoms with van der Waals surface area (Å²) in [7, 11) is 0. The van der Waals surface area contributed by atoms with Crippen molar-refractivity contribution in [2.45, 2.75) is 13.3 Å². The van der Waals surface area contributed by atoms with E-state index in [0.717, 1.165) is 35.8 Å². The molecule has 0 fully saturated rings. The van der Waals surface area contributed by atoms with Crippen molar-refractivity contribution in [2.24, 2.45) is 0 Å². The van der Waals surface area contributed by atoms with Gasteiger partial charge in [-0.25, -0.2) is 4.98 Å². The molecule has 0 spiro atoms. The lowest BCUT2D eigenvalue weighted by Crippen LogP contribution is -2.00. The Morgan fingerprint density at radius 3 is 3.00 bits per heavy atom. The van der Waals surface area contributed by atoms with Gasteiger partial charge in [-0.1, -0.05) is 6.92 Å². The molecule has 1 N–H and O–H groups in total. The molecule has 0 saturated carbocycles. The fourth-order valence-corrected chi connectivity index (χ4v) is 1.91. The normalized spacial score (nSPS) is 10.9. The van der Waals surface area contributed by atoms with Crippen LogP contribution in [0, 0.1) is 0 Å². The van der Waals surface area contributed by atoms with Gasteiger partial charge in [0.1, 0.15) is 11.3 Å². The molecule has 4 heteroatoms. The zero-order valence-electron chi connectivity index (χ0n) is 10.3. The van der Waals surface area contributed by atoms with E-state index in [1.807, 2.05) is 41.1 Å². The predicted octanol–water partition coefficient (Wildman–Crippen LogP) is 3.42. The van der Waals surface area contributed by atoms with Crippen LogP contribution in [0.4, 0.5) is 5.69 Å². The van der Waals surface area contributed by atoms with Crippen LogP contribution in [0.25, 0.3) is 17.1 Å². The fourth-order valence-electron chi connectivity index (χ4n) is 1.91. The van der Waals surface area contributed by atoms with E-state index in [4.69, 9.17) is 4.42 Å². The SMILES string of the molecule is CCCNc1ccc2nc(-c3ccco3)cn2c1. The average molecular weight is 241 g/mol. The number of rotatable bonds is 4. The smallest absolute Gasteiger partial charge is 0.153 e. The molecule has 18 heavy (non-hydrogen) atoms. The molecular formula is C14H15N3O. The van der Waals surface area contributed by atoms with E-state index in [9.17, 15) is 0 Å². The Balaban J connectivity index is 1.97. The average Bonchev–Trinajstić information content (AvgIpc) is 3.03. The van der Waals surface area contributed by atoms with Crippen LogP contribution in [-0.2, 0) is 0 Å². The first-order valence-electron chi connectivity index (χ1n) is 6.13. The maximum atomic E-state index is 5.35. The zero-order chi connectivity index (χ0) is 12.4. The van der Waals surface area contributed by atoms with Gasteiger partial charge in [0.05, 0.1) is 12.0 Å². The highest BCUT2D eigenvalue weighted by atomic mass is 16.3. The Hall–Kier alpha value is -2.23. The van der Waals surface area contributed by atoms with Crippen LogP contribution in [0.1, 0.15) is 13.3 Å². The summed E-state index contributed by atoms with van der Waals surface area (Å²) in [5.41, 5.74) is 2.88. The van der Waals surface area contributed by atoms with Crippen molar-refractivity contribution in [1.29, 1.82) is 0 Å². The third kappa shape index (κ3) is 1.97. The van der Waals surface area contributed by atoms with E-state index in [1.54, 1.807) is 6.26 Å². The molecule has 0 atom stereocenters. The van der Waals surface area contributed by atoms with Crippen molar-refractivity contribution >= 4 is 11.3 Å². The number of furan rings is 1. The molecule has 0 radical (unpaired) electrons. The second kappa shape index (κ2) is 4.56. The molecule has 0 aliphatic rings. The third-order valence-electron chi connectivity index (χ3n) is 2.80. The molecule has 3 heterocycles. The molecule has 0 unspecified atom stereocenters. The van der Waals surface area contributed by atoms with Gasteiger partial charge in [0.25, 0.3) is 0 Å². The van der Waals surface area contributed by atoms with Gasteiger partial charge in [-0.3, -0.25) is 0 Å². The summed E-state index contributed by atoms with van der Waals surface area (Å²) in [5.74, 6) is 0.793. The number of hydrogen-bond donors (Lipinski definition) is 1. The van der Waals surface area contributed by atoms with Gasteiger partial charge in [-0.05, 0) is 30.7 Å². The van der Waals surface area contributed by atoms with Crippen molar-refractivity contribution < 1.29 is 4.42 Å². The molecule has 92 valence electrons. The molecule has 3 rings (SSSR count). The second-order valence-corrected chi connectivity index (χ2v) is 4.21. The summed E-state index contributed by atoms with van der Waals surface area (Å²) in [4.78, 5) is 4.52. The van der Waals surface area contributed by atoms with Gasteiger partial charge < -0.3 is 14.1 Å². The second-order valence-electron chi connectivity index (χ2n) is 4.21. The Morgan fingerprint density at radius 2 is 2.22 bits per heavy atom. The number of pyridine rings is 1. The quantitative estimate of drug-likeness (QED) is 0.761. The molecule has 0 aliphatic carbocycles. The minimum atomic E-state index is 0.793. The largest absolute Gasteiger partial charge is 0.463 e. The Labute approximate surface area is 105 Å². The topological polar surface area (TPSA) is 42.5 Å². The van der Waals surface area contributed by atoms with Crippen molar-refractivity contribution in [3.63, 3.8) is 0 Å². The van der Waals surface area contributed by atoms with E-state index < -0.39 is 0 Å². The number of nitrogens with zero attached hydrogens (tertiary/aromatic N) is 2. The van der Waals surface area contributed by atoms with Gasteiger partial charge >= 0.3 is 0 Å². The van der Waals surface area contributed by atoms with Crippen LogP contribution in [-0.4, -0.2) is 15.9 Å². The Bertz CT molecular complexity index is 640. The van der Waals surface area contributed by atoms with Crippen LogP contribution in [0.15, 0.2) is 47.3 Å². The van der Waals surface area contributed by atoms with Gasteiger partial charge in [-0.2, -0.15) is 0 Å². The number of hydrogen-bond acceptors (Lipinski definition) is 3. The summed E-state index contributed by atoms with van der Waals surface area (Å²) >= 11 is 0. The summed E-state index contributed by atoms with van der Waals surface area (Å²) in [6, 6.07) is 7.83. The summed E-state index contributed by atoms with van der Waals surface area (Å²) < 4.78 is 7.36. The first kappa shape index (κ1) is 10.9. The predicted molar refractivity (Wildman–Crippen MR) is 71.7 cm³/mol. The molecule has 3 aromatic heterocycles. The third-order valence-corrected chi connectivity index (χ3v) is 2.80. The van der Waals surface area contributed by atoms with Crippen LogP contribution in [0.5, 0.6) is 0 Å². The van der Waals surface area contributed by atoms with Crippen molar-refractivity contribution in [3.8, 4) is 11.5 Å². The Morgan fingerprint density at radius 1 is 1.28 bits per heavy atom. The maximum Gasteiger partial charge on any atom is 0.153 e. The summed E-state index contributed by atoms with van der Waals surface area (Å²) in [6.45, 7) is 3.13. The van der Waals surface area contributed by atoms with E-state index in [1.165, 1.54) is 0 Å². The van der Waals surface area contributed by atoms with Crippen LogP contribution in [0.3, 0.4) is 0 Å². The minimum absolute atomic E-state index is 0.793. The van der Waals surface area contributed by atoms with Crippen LogP contribution < -0.4 is 5.32 Å². The fraction of sp³-hybridized carbons (Fsp3) is 0.214. The molecule has 0 bridgehead atoms. The van der Waals surface area contributed by atoms with Crippen molar-refractivity contribution in [3.05, 3.63) is 42.9 Å². The lowest BCUT2D eigenvalue weighted by molar-refractivity contribution is 0.580. The van der Waals surface area contributed by atoms with Gasteiger partial charge in [-0.15, -0.1) is 0 Å². The van der Waals surface area contributed by atoms with Crippen molar-refractivity contribution in [2.75, 3.05) is 11.9 Å². The number of anilines is 1. The highest BCUT2D eigenvalue weighted by molar-refractivity contribution is 5.59. The van der Waals surface area contributed by atoms with Crippen molar-refractivity contribution in [1.82, 2.24) is 9.38 Å². The lowest BCUT2D eigenvalue weighted by Gasteiger charge is -2.04. The van der Waals surface area contributed by atoms with E-state index in [0.29, 0.717) is 0 Å². The van der Waals surface area contributed by atoms with Gasteiger partial charge in [0.2, 0.25) is 0 Å². The summed E-state index contributed by atoms with van der Waals surface area (Å²) in [5, 5.41) is 3.36. The van der Waals surface area contributed by atoms with Crippen LogP contribution in [0.2, 0.25) is 0 Å².